The zero-order valence-electron chi connectivity index (χ0n) is 14.4. The Kier molecular flexibility index (Phi) is 5.32. The Morgan fingerprint density at radius 1 is 1.04 bits per heavy atom. The Morgan fingerprint density at radius 2 is 1.68 bits per heavy atom. The van der Waals surface area contributed by atoms with Crippen molar-refractivity contribution < 1.29 is 8.42 Å². The topological polar surface area (TPSA) is 53.5 Å². The first kappa shape index (κ1) is 18.2. The molecule has 2 aromatic rings. The van der Waals surface area contributed by atoms with Gasteiger partial charge < -0.3 is 4.90 Å². The molecule has 134 valence electrons. The van der Waals surface area contributed by atoms with Gasteiger partial charge in [0.1, 0.15) is 5.82 Å². The van der Waals surface area contributed by atoms with Gasteiger partial charge in [-0.05, 0) is 35.7 Å². The Morgan fingerprint density at radius 3 is 2.24 bits per heavy atom. The van der Waals surface area contributed by atoms with Crippen LogP contribution < -0.4 is 4.90 Å². The van der Waals surface area contributed by atoms with E-state index in [4.69, 9.17) is 11.6 Å². The lowest BCUT2D eigenvalue weighted by Gasteiger charge is -2.35. The number of rotatable bonds is 4. The Hall–Kier alpha value is -1.63. The van der Waals surface area contributed by atoms with E-state index < -0.39 is 10.0 Å². The molecule has 0 spiro atoms. The van der Waals surface area contributed by atoms with Gasteiger partial charge >= 0.3 is 0 Å². The van der Waals surface area contributed by atoms with Crippen LogP contribution in [0.5, 0.6) is 0 Å². The number of nitrogens with zero attached hydrogens (tertiary/aromatic N) is 3. The van der Waals surface area contributed by atoms with Crippen molar-refractivity contribution in [1.29, 1.82) is 0 Å². The van der Waals surface area contributed by atoms with E-state index in [1.807, 2.05) is 17.0 Å². The van der Waals surface area contributed by atoms with Crippen molar-refractivity contribution in [3.05, 3.63) is 53.2 Å². The molecule has 3 rings (SSSR count). The van der Waals surface area contributed by atoms with E-state index >= 15 is 0 Å². The van der Waals surface area contributed by atoms with Crippen LogP contribution in [0.2, 0.25) is 5.02 Å². The monoisotopic (exact) mass is 379 g/mol. The Labute approximate surface area is 154 Å². The van der Waals surface area contributed by atoms with E-state index in [1.165, 1.54) is 4.31 Å². The summed E-state index contributed by atoms with van der Waals surface area (Å²) in [6, 6.07) is 10.8. The van der Waals surface area contributed by atoms with Gasteiger partial charge in [0.15, 0.2) is 0 Å². The number of benzene rings is 1. The van der Waals surface area contributed by atoms with Crippen LogP contribution in [0.25, 0.3) is 0 Å². The highest BCUT2D eigenvalue weighted by molar-refractivity contribution is 7.89. The van der Waals surface area contributed by atoms with E-state index in [9.17, 15) is 8.42 Å². The summed E-state index contributed by atoms with van der Waals surface area (Å²) in [6.07, 6.45) is 1.70. The van der Waals surface area contributed by atoms with Gasteiger partial charge in [-0.1, -0.05) is 37.6 Å². The lowest BCUT2D eigenvalue weighted by atomic mass is 10.0. The predicted octanol–water partition coefficient (Wildman–Crippen LogP) is 3.37. The number of hydrogen-bond acceptors (Lipinski definition) is 4. The van der Waals surface area contributed by atoms with E-state index in [0.29, 0.717) is 47.8 Å². The van der Waals surface area contributed by atoms with E-state index in [-0.39, 0.29) is 0 Å². The minimum absolute atomic E-state index is 0.348. The summed E-state index contributed by atoms with van der Waals surface area (Å²) >= 11 is 6.18. The molecule has 0 saturated carbocycles. The fraction of sp³-hybridized carbons (Fsp3) is 0.389. The summed E-state index contributed by atoms with van der Waals surface area (Å²) in [4.78, 5) is 6.67. The van der Waals surface area contributed by atoms with E-state index in [2.05, 4.69) is 18.8 Å². The minimum atomic E-state index is -3.47. The number of halogens is 1. The molecule has 25 heavy (non-hydrogen) atoms. The molecular weight excluding hydrogens is 358 g/mol. The number of sulfonamides is 1. The first-order chi connectivity index (χ1) is 11.9. The molecular formula is C18H22ClN3O2S. The molecule has 0 aliphatic carbocycles. The highest BCUT2D eigenvalue weighted by Crippen LogP contribution is 2.25. The normalized spacial score (nSPS) is 16.4. The third-order valence-corrected chi connectivity index (χ3v) is 6.67. The second-order valence-electron chi connectivity index (χ2n) is 6.42. The Bertz CT molecular complexity index is 830. The molecule has 7 heteroatoms. The van der Waals surface area contributed by atoms with Crippen molar-refractivity contribution in [2.24, 2.45) is 0 Å². The van der Waals surface area contributed by atoms with Crippen LogP contribution in [0.4, 0.5) is 5.82 Å². The van der Waals surface area contributed by atoms with Gasteiger partial charge in [0.2, 0.25) is 10.0 Å². The second-order valence-corrected chi connectivity index (χ2v) is 8.77. The molecule has 1 aromatic heterocycles. The summed E-state index contributed by atoms with van der Waals surface area (Å²) in [5.41, 5.74) is 1.13. The number of piperazine rings is 1. The van der Waals surface area contributed by atoms with Crippen molar-refractivity contribution >= 4 is 27.4 Å². The number of pyridine rings is 1. The average Bonchev–Trinajstić information content (AvgIpc) is 2.62. The SMILES string of the molecule is CC(C)c1ccc(S(=O)(=O)N2CCN(c3ncccc3Cl)CC2)cc1. The molecule has 0 bridgehead atoms. The smallest absolute Gasteiger partial charge is 0.243 e. The lowest BCUT2D eigenvalue weighted by Crippen LogP contribution is -2.49. The Balaban J connectivity index is 1.72. The van der Waals surface area contributed by atoms with Gasteiger partial charge in [0, 0.05) is 32.4 Å². The fourth-order valence-electron chi connectivity index (χ4n) is 2.92. The standard InChI is InChI=1S/C18H22ClN3O2S/c1-14(2)15-5-7-16(8-6-15)25(23,24)22-12-10-21(11-13-22)18-17(19)4-3-9-20-18/h3-9,14H,10-13H2,1-2H3. The largest absolute Gasteiger partial charge is 0.353 e. The van der Waals surface area contributed by atoms with Crippen molar-refractivity contribution in [2.75, 3.05) is 31.1 Å². The molecule has 0 radical (unpaired) electrons. The van der Waals surface area contributed by atoms with Gasteiger partial charge in [-0.15, -0.1) is 0 Å². The first-order valence-electron chi connectivity index (χ1n) is 8.35. The van der Waals surface area contributed by atoms with Gasteiger partial charge in [-0.25, -0.2) is 13.4 Å². The first-order valence-corrected chi connectivity index (χ1v) is 10.2. The van der Waals surface area contributed by atoms with Crippen LogP contribution in [-0.4, -0.2) is 43.9 Å². The highest BCUT2D eigenvalue weighted by Gasteiger charge is 2.29. The van der Waals surface area contributed by atoms with Crippen LogP contribution in [0, 0.1) is 0 Å². The van der Waals surface area contributed by atoms with Crippen molar-refractivity contribution in [3.8, 4) is 0 Å². The lowest BCUT2D eigenvalue weighted by molar-refractivity contribution is 0.384. The maximum absolute atomic E-state index is 12.8. The molecule has 1 fully saturated rings. The van der Waals surface area contributed by atoms with Crippen LogP contribution in [0.3, 0.4) is 0 Å². The number of hydrogen-bond donors (Lipinski definition) is 0. The molecule has 0 atom stereocenters. The third-order valence-electron chi connectivity index (χ3n) is 4.46. The number of anilines is 1. The molecule has 1 aliphatic rings. The predicted molar refractivity (Wildman–Crippen MR) is 101 cm³/mol. The fourth-order valence-corrected chi connectivity index (χ4v) is 4.59. The maximum Gasteiger partial charge on any atom is 0.243 e. The molecule has 0 unspecified atom stereocenters. The van der Waals surface area contributed by atoms with Gasteiger partial charge in [-0.3, -0.25) is 0 Å². The van der Waals surface area contributed by atoms with Crippen molar-refractivity contribution in [2.45, 2.75) is 24.7 Å². The third kappa shape index (κ3) is 3.81. The van der Waals surface area contributed by atoms with Crippen molar-refractivity contribution in [3.63, 3.8) is 0 Å². The van der Waals surface area contributed by atoms with Crippen molar-refractivity contribution in [1.82, 2.24) is 9.29 Å². The highest BCUT2D eigenvalue weighted by atomic mass is 35.5. The summed E-state index contributed by atoms with van der Waals surface area (Å²) in [6.45, 7) is 6.15. The quantitative estimate of drug-likeness (QED) is 0.817. The van der Waals surface area contributed by atoms with Crippen LogP contribution in [0.1, 0.15) is 25.3 Å². The molecule has 5 nitrogen and oxygen atoms in total. The van der Waals surface area contributed by atoms with Gasteiger partial charge in [0.25, 0.3) is 0 Å². The van der Waals surface area contributed by atoms with Crippen LogP contribution in [0.15, 0.2) is 47.5 Å². The molecule has 1 aromatic carbocycles. The van der Waals surface area contributed by atoms with Gasteiger partial charge in [-0.2, -0.15) is 4.31 Å². The average molecular weight is 380 g/mol. The van der Waals surface area contributed by atoms with E-state index in [1.54, 1.807) is 30.5 Å². The molecule has 2 heterocycles. The summed E-state index contributed by atoms with van der Waals surface area (Å²) in [7, 11) is -3.47. The second kappa shape index (κ2) is 7.32. The van der Waals surface area contributed by atoms with Crippen LogP contribution in [-0.2, 0) is 10.0 Å². The maximum atomic E-state index is 12.8. The van der Waals surface area contributed by atoms with Gasteiger partial charge in [0.05, 0.1) is 9.92 Å². The minimum Gasteiger partial charge on any atom is -0.353 e. The summed E-state index contributed by atoms with van der Waals surface area (Å²) in [5.74, 6) is 1.09. The molecule has 0 amide bonds. The summed E-state index contributed by atoms with van der Waals surface area (Å²) in [5, 5.41) is 0.586. The zero-order chi connectivity index (χ0) is 18.0. The molecule has 1 aliphatic heterocycles. The molecule has 1 saturated heterocycles. The zero-order valence-corrected chi connectivity index (χ0v) is 16.0. The summed E-state index contributed by atoms with van der Waals surface area (Å²) < 4.78 is 27.2. The number of aromatic nitrogens is 1. The molecule has 0 N–H and O–H groups in total. The van der Waals surface area contributed by atoms with E-state index in [0.717, 1.165) is 5.56 Å². The van der Waals surface area contributed by atoms with Crippen LogP contribution >= 0.6 is 11.6 Å².